The van der Waals surface area contributed by atoms with E-state index in [-0.39, 0.29) is 0 Å². The number of nitrogens with one attached hydrogen (secondary N) is 1. The molecule has 0 saturated carbocycles. The number of hydrogen-bond donors (Lipinski definition) is 1. The van der Waals surface area contributed by atoms with Gasteiger partial charge in [-0.1, -0.05) is 0 Å². The molecule has 0 aromatic carbocycles. The van der Waals surface area contributed by atoms with E-state index in [1.54, 1.807) is 0 Å². The van der Waals surface area contributed by atoms with Crippen LogP contribution in [0.5, 0.6) is 0 Å². The standard InChI is InChI=1S/C8H17GeN3S/c1-4-9(5-2,6-3)13-8-7-10-12-11-8/h7H,4-6H2,1-3H3,(H,10,11,12). The maximum absolute atomic E-state index is 4.12. The number of rotatable bonds is 5. The van der Waals surface area contributed by atoms with Crippen molar-refractivity contribution >= 4 is 22.2 Å². The second-order valence-electron chi connectivity index (χ2n) is 3.15. The molecule has 0 fully saturated rings. The van der Waals surface area contributed by atoms with Crippen LogP contribution in [0, 0.1) is 0 Å². The number of aromatic amines is 1. The molecule has 3 nitrogen and oxygen atoms in total. The summed E-state index contributed by atoms with van der Waals surface area (Å²) in [6.45, 7) is 6.96. The third-order valence-corrected chi connectivity index (χ3v) is 20.1. The van der Waals surface area contributed by atoms with Gasteiger partial charge in [0.25, 0.3) is 0 Å². The van der Waals surface area contributed by atoms with Gasteiger partial charge in [0.1, 0.15) is 0 Å². The Bertz CT molecular complexity index is 225. The van der Waals surface area contributed by atoms with Gasteiger partial charge in [-0.3, -0.25) is 0 Å². The molecule has 0 unspecified atom stereocenters. The topological polar surface area (TPSA) is 41.6 Å². The zero-order valence-electron chi connectivity index (χ0n) is 8.50. The van der Waals surface area contributed by atoms with Gasteiger partial charge in [-0.05, 0) is 0 Å². The van der Waals surface area contributed by atoms with Gasteiger partial charge in [0, 0.05) is 0 Å². The maximum atomic E-state index is 4.12. The predicted molar refractivity (Wildman–Crippen MR) is 59.4 cm³/mol. The quantitative estimate of drug-likeness (QED) is 0.827. The Balaban J connectivity index is 2.67. The summed E-state index contributed by atoms with van der Waals surface area (Å²) in [5.74, 6) is 0. The molecule has 0 bridgehead atoms. The zero-order valence-corrected chi connectivity index (χ0v) is 11.4. The van der Waals surface area contributed by atoms with E-state index in [0.29, 0.717) is 0 Å². The van der Waals surface area contributed by atoms with E-state index >= 15 is 0 Å². The van der Waals surface area contributed by atoms with E-state index in [9.17, 15) is 0 Å². The van der Waals surface area contributed by atoms with Crippen molar-refractivity contribution in [2.75, 3.05) is 0 Å². The molecule has 74 valence electrons. The van der Waals surface area contributed by atoms with Crippen molar-refractivity contribution < 1.29 is 0 Å². The summed E-state index contributed by atoms with van der Waals surface area (Å²) < 4.78 is 0. The summed E-state index contributed by atoms with van der Waals surface area (Å²) in [6.07, 6.45) is 1.84. The Hall–Kier alpha value is 0.0329. The van der Waals surface area contributed by atoms with Crippen molar-refractivity contribution in [2.45, 2.75) is 41.6 Å². The van der Waals surface area contributed by atoms with Crippen molar-refractivity contribution in [2.24, 2.45) is 0 Å². The fourth-order valence-corrected chi connectivity index (χ4v) is 11.8. The van der Waals surface area contributed by atoms with Crippen LogP contribution in [0.2, 0.25) is 15.8 Å². The molecule has 1 N–H and O–H groups in total. The Morgan fingerprint density at radius 1 is 1.31 bits per heavy atom. The van der Waals surface area contributed by atoms with Crippen LogP contribution in [0.4, 0.5) is 0 Å². The average Bonchev–Trinajstić information content (AvgIpc) is 2.67. The van der Waals surface area contributed by atoms with Crippen LogP contribution >= 0.6 is 10.1 Å². The summed E-state index contributed by atoms with van der Waals surface area (Å²) in [5.41, 5.74) is 0. The summed E-state index contributed by atoms with van der Waals surface area (Å²) >= 11 is -1.64. The molecule has 1 aromatic rings. The van der Waals surface area contributed by atoms with Gasteiger partial charge < -0.3 is 0 Å². The van der Waals surface area contributed by atoms with Crippen LogP contribution in [-0.2, 0) is 0 Å². The van der Waals surface area contributed by atoms with Crippen LogP contribution in [0.3, 0.4) is 0 Å². The van der Waals surface area contributed by atoms with E-state index in [2.05, 4.69) is 36.2 Å². The summed E-state index contributed by atoms with van der Waals surface area (Å²) in [5, 5.41) is 15.8. The van der Waals surface area contributed by atoms with Crippen LogP contribution in [0.25, 0.3) is 0 Å². The summed E-state index contributed by atoms with van der Waals surface area (Å²) in [4.78, 5) is 0. The van der Waals surface area contributed by atoms with Crippen molar-refractivity contribution in [3.63, 3.8) is 0 Å². The van der Waals surface area contributed by atoms with E-state index < -0.39 is 12.1 Å². The second kappa shape index (κ2) is 5.05. The van der Waals surface area contributed by atoms with Crippen LogP contribution in [0.1, 0.15) is 20.8 Å². The molecule has 1 aromatic heterocycles. The molecule has 1 heterocycles. The molecule has 13 heavy (non-hydrogen) atoms. The van der Waals surface area contributed by atoms with E-state index in [1.165, 1.54) is 15.8 Å². The van der Waals surface area contributed by atoms with Gasteiger partial charge in [0.2, 0.25) is 0 Å². The molecule has 0 atom stereocenters. The third kappa shape index (κ3) is 2.74. The Morgan fingerprint density at radius 3 is 2.31 bits per heavy atom. The van der Waals surface area contributed by atoms with E-state index in [4.69, 9.17) is 0 Å². The van der Waals surface area contributed by atoms with Gasteiger partial charge >= 0.3 is 85.4 Å². The Kier molecular flexibility index (Phi) is 4.31. The van der Waals surface area contributed by atoms with Crippen molar-refractivity contribution in [3.05, 3.63) is 6.20 Å². The molecule has 1 rings (SSSR count). The van der Waals surface area contributed by atoms with E-state index in [1.807, 2.05) is 16.3 Å². The monoisotopic (exact) mass is 261 g/mol. The van der Waals surface area contributed by atoms with Crippen LogP contribution in [-0.4, -0.2) is 27.5 Å². The zero-order chi connectivity index (χ0) is 9.73. The first-order valence-electron chi connectivity index (χ1n) is 4.81. The Morgan fingerprint density at radius 2 is 1.92 bits per heavy atom. The van der Waals surface area contributed by atoms with Crippen LogP contribution in [0.15, 0.2) is 11.2 Å². The number of aromatic nitrogens is 3. The SMILES string of the molecule is C[CH2][Ge]([CH2]C)([CH2]C)[S]c1cn[nH]n1. The molecule has 5 heteroatoms. The number of nitrogens with zero attached hydrogens (tertiary/aromatic N) is 2. The van der Waals surface area contributed by atoms with Gasteiger partial charge in [0.15, 0.2) is 0 Å². The van der Waals surface area contributed by atoms with Crippen molar-refractivity contribution in [1.29, 1.82) is 0 Å². The molecular weight excluding hydrogens is 243 g/mol. The number of H-pyrrole nitrogens is 1. The molecule has 0 aliphatic heterocycles. The van der Waals surface area contributed by atoms with Gasteiger partial charge in [-0.2, -0.15) is 0 Å². The first-order valence-corrected chi connectivity index (χ1v) is 12.6. The van der Waals surface area contributed by atoms with Crippen molar-refractivity contribution in [3.8, 4) is 0 Å². The first kappa shape index (κ1) is 11.1. The minimum absolute atomic E-state index is 1.09. The second-order valence-corrected chi connectivity index (χ2v) is 19.0. The third-order valence-electron chi connectivity index (χ3n) is 2.65. The molecule has 0 aliphatic rings. The fourth-order valence-electron chi connectivity index (χ4n) is 1.43. The fraction of sp³-hybridized carbons (Fsp3) is 0.750. The van der Waals surface area contributed by atoms with E-state index in [0.717, 1.165) is 5.03 Å². The molecular formula is C8H17GeN3S. The first-order chi connectivity index (χ1) is 6.26. The van der Waals surface area contributed by atoms with Crippen molar-refractivity contribution in [1.82, 2.24) is 15.4 Å². The summed E-state index contributed by atoms with van der Waals surface area (Å²) in [7, 11) is 2.03. The van der Waals surface area contributed by atoms with Gasteiger partial charge in [0.05, 0.1) is 0 Å². The minimum atomic E-state index is -1.64. The molecule has 0 saturated heterocycles. The molecule has 0 aliphatic carbocycles. The predicted octanol–water partition coefficient (Wildman–Crippen LogP) is 2.90. The number of hydrogen-bond acceptors (Lipinski definition) is 3. The summed E-state index contributed by atoms with van der Waals surface area (Å²) in [6, 6.07) is 0. The normalized spacial score (nSPS) is 11.9. The average molecular weight is 260 g/mol. The Labute approximate surface area is 85.5 Å². The van der Waals surface area contributed by atoms with Crippen LogP contribution < -0.4 is 0 Å². The molecule has 0 spiro atoms. The van der Waals surface area contributed by atoms with Gasteiger partial charge in [-0.25, -0.2) is 0 Å². The molecule has 0 radical (unpaired) electrons. The van der Waals surface area contributed by atoms with Gasteiger partial charge in [-0.15, -0.1) is 0 Å². The molecule has 0 amide bonds.